The Hall–Kier alpha value is -1.62. The Morgan fingerprint density at radius 3 is 2.39 bits per heavy atom. The first-order chi connectivity index (χ1) is 8.49. The zero-order valence-corrected chi connectivity index (χ0v) is 12.1. The Bertz CT molecular complexity index is 581. The van der Waals surface area contributed by atoms with Gasteiger partial charge in [-0.1, -0.05) is 15.9 Å². The molecule has 0 aliphatic heterocycles. The number of halogens is 1. The van der Waals surface area contributed by atoms with Crippen LogP contribution in [0.1, 0.15) is 27.2 Å². The van der Waals surface area contributed by atoms with Gasteiger partial charge in [0.25, 0.3) is 5.91 Å². The van der Waals surface area contributed by atoms with E-state index in [4.69, 9.17) is 0 Å². The van der Waals surface area contributed by atoms with Crippen LogP contribution in [-0.4, -0.2) is 16.1 Å². The lowest BCUT2D eigenvalue weighted by Crippen LogP contribution is -2.14. The van der Waals surface area contributed by atoms with E-state index in [2.05, 4.69) is 31.4 Å². The summed E-state index contributed by atoms with van der Waals surface area (Å²) in [5.74, 6) is -0.144. The van der Waals surface area contributed by atoms with Crippen molar-refractivity contribution >= 4 is 27.5 Å². The lowest BCUT2D eigenvalue weighted by Gasteiger charge is -2.12. The number of amides is 1. The standard InChI is InChI=1S/C13H14BrN3O/c1-7-4-10(14)5-8(2)12(7)16-13(18)11-6-15-17-9(11)3/h4-6H,1-3H3,(H,15,17)(H,16,18). The van der Waals surface area contributed by atoms with E-state index in [1.807, 2.05) is 32.9 Å². The fourth-order valence-corrected chi connectivity index (χ4v) is 2.56. The molecule has 0 saturated carbocycles. The number of nitrogens with zero attached hydrogens (tertiary/aromatic N) is 1. The Balaban J connectivity index is 2.31. The van der Waals surface area contributed by atoms with Crippen molar-refractivity contribution in [2.24, 2.45) is 0 Å². The molecule has 0 fully saturated rings. The molecule has 2 rings (SSSR count). The van der Waals surface area contributed by atoms with Crippen molar-refractivity contribution in [2.45, 2.75) is 20.8 Å². The SMILES string of the molecule is Cc1cc(Br)cc(C)c1NC(=O)c1cn[nH]c1C. The number of rotatable bonds is 2. The number of carbonyl (C=O) groups excluding carboxylic acids is 1. The highest BCUT2D eigenvalue weighted by Gasteiger charge is 2.13. The van der Waals surface area contributed by atoms with Gasteiger partial charge in [0.2, 0.25) is 0 Å². The van der Waals surface area contributed by atoms with E-state index in [9.17, 15) is 4.79 Å². The second kappa shape index (κ2) is 4.94. The number of nitrogens with one attached hydrogen (secondary N) is 2. The maximum absolute atomic E-state index is 12.1. The van der Waals surface area contributed by atoms with Gasteiger partial charge in [-0.3, -0.25) is 9.89 Å². The van der Waals surface area contributed by atoms with E-state index in [0.29, 0.717) is 5.56 Å². The molecule has 5 heteroatoms. The fourth-order valence-electron chi connectivity index (χ4n) is 1.87. The van der Waals surface area contributed by atoms with Gasteiger partial charge < -0.3 is 5.32 Å². The second-order valence-corrected chi connectivity index (χ2v) is 5.19. The first-order valence-corrected chi connectivity index (χ1v) is 6.36. The molecule has 94 valence electrons. The van der Waals surface area contributed by atoms with Crippen LogP contribution in [0.2, 0.25) is 0 Å². The lowest BCUT2D eigenvalue weighted by atomic mass is 10.1. The Labute approximate surface area is 114 Å². The molecule has 0 saturated heterocycles. The number of hydrogen-bond acceptors (Lipinski definition) is 2. The molecule has 2 N–H and O–H groups in total. The molecule has 2 aromatic rings. The minimum absolute atomic E-state index is 0.144. The summed E-state index contributed by atoms with van der Waals surface area (Å²) in [6.45, 7) is 5.76. The van der Waals surface area contributed by atoms with Gasteiger partial charge in [-0.25, -0.2) is 0 Å². The first-order valence-electron chi connectivity index (χ1n) is 5.57. The normalized spacial score (nSPS) is 10.4. The highest BCUT2D eigenvalue weighted by molar-refractivity contribution is 9.10. The van der Waals surface area contributed by atoms with Crippen LogP contribution >= 0.6 is 15.9 Å². The van der Waals surface area contributed by atoms with Crippen LogP contribution in [0.4, 0.5) is 5.69 Å². The smallest absolute Gasteiger partial charge is 0.259 e. The summed E-state index contributed by atoms with van der Waals surface area (Å²) < 4.78 is 1.01. The fraction of sp³-hybridized carbons (Fsp3) is 0.231. The predicted octanol–water partition coefficient (Wildman–Crippen LogP) is 3.35. The molecule has 1 aromatic carbocycles. The van der Waals surface area contributed by atoms with Gasteiger partial charge >= 0.3 is 0 Å². The minimum atomic E-state index is -0.144. The third kappa shape index (κ3) is 2.46. The van der Waals surface area contributed by atoms with E-state index in [1.54, 1.807) is 0 Å². The molecule has 1 aromatic heterocycles. The number of H-pyrrole nitrogens is 1. The summed E-state index contributed by atoms with van der Waals surface area (Å²) in [5, 5.41) is 9.53. The third-order valence-electron chi connectivity index (χ3n) is 2.81. The molecule has 0 aliphatic rings. The highest BCUT2D eigenvalue weighted by Crippen LogP contribution is 2.25. The summed E-state index contributed by atoms with van der Waals surface area (Å²) in [7, 11) is 0. The molecule has 18 heavy (non-hydrogen) atoms. The summed E-state index contributed by atoms with van der Waals surface area (Å²) >= 11 is 3.44. The second-order valence-electron chi connectivity index (χ2n) is 4.28. The molecule has 0 unspecified atom stereocenters. The number of aromatic nitrogens is 2. The van der Waals surface area contributed by atoms with Gasteiger partial charge in [-0.05, 0) is 44.0 Å². The molecule has 1 amide bonds. The largest absolute Gasteiger partial charge is 0.321 e. The summed E-state index contributed by atoms with van der Waals surface area (Å²) in [5.41, 5.74) is 4.23. The third-order valence-corrected chi connectivity index (χ3v) is 3.27. The van der Waals surface area contributed by atoms with Crippen LogP contribution in [0, 0.1) is 20.8 Å². The number of benzene rings is 1. The van der Waals surface area contributed by atoms with Crippen molar-refractivity contribution in [3.05, 3.63) is 45.2 Å². The van der Waals surface area contributed by atoms with Crippen molar-refractivity contribution in [2.75, 3.05) is 5.32 Å². The van der Waals surface area contributed by atoms with Crippen LogP contribution in [0.15, 0.2) is 22.8 Å². The van der Waals surface area contributed by atoms with Crippen molar-refractivity contribution < 1.29 is 4.79 Å². The van der Waals surface area contributed by atoms with E-state index < -0.39 is 0 Å². The maximum Gasteiger partial charge on any atom is 0.259 e. The predicted molar refractivity (Wildman–Crippen MR) is 74.9 cm³/mol. The zero-order valence-electron chi connectivity index (χ0n) is 10.5. The summed E-state index contributed by atoms with van der Waals surface area (Å²) in [6.07, 6.45) is 1.54. The molecule has 0 radical (unpaired) electrons. The van der Waals surface area contributed by atoms with Crippen LogP contribution in [-0.2, 0) is 0 Å². The molecule has 0 spiro atoms. The van der Waals surface area contributed by atoms with E-state index >= 15 is 0 Å². The van der Waals surface area contributed by atoms with Gasteiger partial charge in [-0.15, -0.1) is 0 Å². The first kappa shape index (κ1) is 12.8. The van der Waals surface area contributed by atoms with Crippen molar-refractivity contribution in [1.29, 1.82) is 0 Å². The zero-order chi connectivity index (χ0) is 13.3. The molecular formula is C13H14BrN3O. The number of carbonyl (C=O) groups is 1. The molecule has 4 nitrogen and oxygen atoms in total. The Kier molecular flexibility index (Phi) is 3.52. The molecular weight excluding hydrogens is 294 g/mol. The summed E-state index contributed by atoms with van der Waals surface area (Å²) in [4.78, 5) is 12.1. The van der Waals surface area contributed by atoms with Crippen molar-refractivity contribution in [3.63, 3.8) is 0 Å². The molecule has 0 aliphatic carbocycles. The van der Waals surface area contributed by atoms with Crippen LogP contribution in [0.5, 0.6) is 0 Å². The monoisotopic (exact) mass is 307 g/mol. The molecule has 1 heterocycles. The molecule has 0 bridgehead atoms. The van der Waals surface area contributed by atoms with Gasteiger partial charge in [0.05, 0.1) is 11.8 Å². The average molecular weight is 308 g/mol. The summed E-state index contributed by atoms with van der Waals surface area (Å²) in [6, 6.07) is 3.95. The molecule has 0 atom stereocenters. The quantitative estimate of drug-likeness (QED) is 0.894. The van der Waals surface area contributed by atoms with Crippen molar-refractivity contribution in [3.8, 4) is 0 Å². The average Bonchev–Trinajstić information content (AvgIpc) is 2.69. The lowest BCUT2D eigenvalue weighted by molar-refractivity contribution is 0.102. The van der Waals surface area contributed by atoms with Crippen molar-refractivity contribution in [1.82, 2.24) is 10.2 Å². The topological polar surface area (TPSA) is 57.8 Å². The van der Waals surface area contributed by atoms with Gasteiger partial charge in [0.15, 0.2) is 0 Å². The number of anilines is 1. The number of aryl methyl sites for hydroxylation is 3. The number of hydrogen-bond donors (Lipinski definition) is 2. The Morgan fingerprint density at radius 2 is 1.89 bits per heavy atom. The minimum Gasteiger partial charge on any atom is -0.321 e. The highest BCUT2D eigenvalue weighted by atomic mass is 79.9. The maximum atomic E-state index is 12.1. The van der Waals surface area contributed by atoms with E-state index in [-0.39, 0.29) is 5.91 Å². The van der Waals surface area contributed by atoms with Gasteiger partial charge in [0.1, 0.15) is 0 Å². The van der Waals surface area contributed by atoms with Crippen LogP contribution in [0.25, 0.3) is 0 Å². The number of aromatic amines is 1. The Morgan fingerprint density at radius 1 is 1.28 bits per heavy atom. The van der Waals surface area contributed by atoms with Crippen LogP contribution < -0.4 is 5.32 Å². The van der Waals surface area contributed by atoms with Gasteiger partial charge in [-0.2, -0.15) is 5.10 Å². The van der Waals surface area contributed by atoms with E-state index in [0.717, 1.165) is 27.0 Å². The van der Waals surface area contributed by atoms with Crippen LogP contribution in [0.3, 0.4) is 0 Å². The van der Waals surface area contributed by atoms with Gasteiger partial charge in [0, 0.05) is 15.9 Å². The van der Waals surface area contributed by atoms with E-state index in [1.165, 1.54) is 6.20 Å².